The number of halogens is 1. The molecule has 22 heavy (non-hydrogen) atoms. The smallest absolute Gasteiger partial charge is 0.259 e. The molecule has 1 fully saturated rings. The number of aromatic amines is 1. The first-order chi connectivity index (χ1) is 10.5. The van der Waals surface area contributed by atoms with Gasteiger partial charge in [0.05, 0.1) is 17.7 Å². The van der Waals surface area contributed by atoms with Crippen LogP contribution in [-0.4, -0.2) is 51.3 Å². The molecule has 0 radical (unpaired) electrons. The second-order valence-electron chi connectivity index (χ2n) is 5.40. The van der Waals surface area contributed by atoms with E-state index in [0.717, 1.165) is 0 Å². The first-order valence-electron chi connectivity index (χ1n) is 6.93. The predicted molar refractivity (Wildman–Crippen MR) is 82.1 cm³/mol. The number of nitrogens with zero attached hydrogens (tertiary/aromatic N) is 1. The number of amides is 1. The maximum Gasteiger partial charge on any atom is 0.259 e. The average Bonchev–Trinajstić information content (AvgIpc) is 2.49. The van der Waals surface area contributed by atoms with Crippen molar-refractivity contribution in [2.45, 2.75) is 18.6 Å². The molecule has 2 aromatic rings. The topological polar surface area (TPSA) is 93.6 Å². The fourth-order valence-corrected chi connectivity index (χ4v) is 2.80. The first-order valence-corrected chi connectivity index (χ1v) is 7.31. The number of aliphatic hydroxyl groups excluding tert-OH is 2. The lowest BCUT2D eigenvalue weighted by atomic mass is 10.0. The van der Waals surface area contributed by atoms with E-state index in [1.165, 1.54) is 11.1 Å². The highest BCUT2D eigenvalue weighted by molar-refractivity contribution is 6.31. The van der Waals surface area contributed by atoms with Gasteiger partial charge < -0.3 is 20.1 Å². The molecule has 0 aliphatic carbocycles. The number of benzene rings is 1. The fraction of sp³-hybridized carbons (Fsp3) is 0.333. The summed E-state index contributed by atoms with van der Waals surface area (Å²) in [4.78, 5) is 29.2. The molecule has 0 unspecified atom stereocenters. The summed E-state index contributed by atoms with van der Waals surface area (Å²) in [5.74, 6) is -0.455. The largest absolute Gasteiger partial charge is 0.390 e. The molecule has 7 heteroatoms. The Hall–Kier alpha value is -1.89. The van der Waals surface area contributed by atoms with E-state index in [-0.39, 0.29) is 24.0 Å². The van der Waals surface area contributed by atoms with Crippen LogP contribution in [0, 0.1) is 0 Å². The van der Waals surface area contributed by atoms with Crippen molar-refractivity contribution >= 4 is 28.4 Å². The number of fused-ring (bicyclic) bond motifs is 1. The lowest BCUT2D eigenvalue weighted by molar-refractivity contribution is -0.0322. The maximum atomic E-state index is 12.5. The molecule has 3 rings (SSSR count). The van der Waals surface area contributed by atoms with Crippen molar-refractivity contribution in [1.29, 1.82) is 0 Å². The van der Waals surface area contributed by atoms with Crippen LogP contribution < -0.4 is 5.43 Å². The third kappa shape index (κ3) is 2.61. The van der Waals surface area contributed by atoms with Gasteiger partial charge in [0.25, 0.3) is 5.91 Å². The van der Waals surface area contributed by atoms with E-state index in [1.54, 1.807) is 18.2 Å². The summed E-state index contributed by atoms with van der Waals surface area (Å²) in [5, 5.41) is 20.1. The molecule has 1 aliphatic heterocycles. The highest BCUT2D eigenvalue weighted by Gasteiger charge is 2.30. The van der Waals surface area contributed by atoms with Crippen molar-refractivity contribution in [2.24, 2.45) is 0 Å². The Kier molecular flexibility index (Phi) is 3.90. The number of hydrogen-bond acceptors (Lipinski definition) is 4. The number of pyridine rings is 1. The van der Waals surface area contributed by atoms with E-state index in [4.69, 9.17) is 11.6 Å². The predicted octanol–water partition coefficient (Wildman–Crippen LogP) is 0.749. The van der Waals surface area contributed by atoms with Crippen LogP contribution in [0.4, 0.5) is 0 Å². The highest BCUT2D eigenvalue weighted by atomic mass is 35.5. The van der Waals surface area contributed by atoms with Gasteiger partial charge in [0.2, 0.25) is 5.43 Å². The van der Waals surface area contributed by atoms with Gasteiger partial charge in [-0.25, -0.2) is 0 Å². The Labute approximate surface area is 130 Å². The van der Waals surface area contributed by atoms with Gasteiger partial charge in [-0.1, -0.05) is 11.6 Å². The van der Waals surface area contributed by atoms with Gasteiger partial charge in [0, 0.05) is 29.7 Å². The third-order valence-corrected chi connectivity index (χ3v) is 4.14. The molecule has 1 aromatic heterocycles. The summed E-state index contributed by atoms with van der Waals surface area (Å²) in [5.41, 5.74) is 0.192. The van der Waals surface area contributed by atoms with Gasteiger partial charge in [-0.05, 0) is 24.6 Å². The Bertz CT molecular complexity index is 789. The monoisotopic (exact) mass is 322 g/mol. The summed E-state index contributed by atoms with van der Waals surface area (Å²) in [6.45, 7) is 0.313. The molecule has 1 amide bonds. The molecule has 1 aliphatic rings. The molecule has 0 spiro atoms. The van der Waals surface area contributed by atoms with Gasteiger partial charge in [-0.3, -0.25) is 9.59 Å². The normalized spacial score (nSPS) is 22.0. The van der Waals surface area contributed by atoms with Crippen molar-refractivity contribution in [1.82, 2.24) is 9.88 Å². The second kappa shape index (κ2) is 5.72. The van der Waals surface area contributed by atoms with Crippen molar-refractivity contribution in [3.8, 4) is 0 Å². The summed E-state index contributed by atoms with van der Waals surface area (Å²) < 4.78 is 0. The molecule has 3 N–H and O–H groups in total. The van der Waals surface area contributed by atoms with E-state index in [0.29, 0.717) is 22.5 Å². The van der Waals surface area contributed by atoms with Crippen LogP contribution in [0.5, 0.6) is 0 Å². The number of piperidine rings is 1. The van der Waals surface area contributed by atoms with E-state index in [9.17, 15) is 19.8 Å². The van der Waals surface area contributed by atoms with Crippen molar-refractivity contribution in [3.05, 3.63) is 45.2 Å². The minimum absolute atomic E-state index is 0.0120. The summed E-state index contributed by atoms with van der Waals surface area (Å²) in [6.07, 6.45) is -0.175. The number of rotatable bonds is 1. The summed E-state index contributed by atoms with van der Waals surface area (Å²) in [7, 11) is 0. The average molecular weight is 323 g/mol. The first kappa shape index (κ1) is 15.0. The molecular weight excluding hydrogens is 308 g/mol. The Morgan fingerprint density at radius 1 is 1.32 bits per heavy atom. The fourth-order valence-electron chi connectivity index (χ4n) is 2.63. The van der Waals surface area contributed by atoms with Crippen molar-refractivity contribution < 1.29 is 15.0 Å². The lowest BCUT2D eigenvalue weighted by Gasteiger charge is -2.33. The molecular formula is C15H15ClN2O4. The third-order valence-electron chi connectivity index (χ3n) is 3.91. The van der Waals surface area contributed by atoms with Crippen LogP contribution in [0.25, 0.3) is 10.9 Å². The zero-order valence-electron chi connectivity index (χ0n) is 11.6. The highest BCUT2D eigenvalue weighted by Crippen LogP contribution is 2.17. The molecule has 0 bridgehead atoms. The van der Waals surface area contributed by atoms with E-state index in [2.05, 4.69) is 4.98 Å². The van der Waals surface area contributed by atoms with Crippen molar-refractivity contribution in [2.75, 3.05) is 13.1 Å². The van der Waals surface area contributed by atoms with Crippen LogP contribution in [0.2, 0.25) is 5.02 Å². The lowest BCUT2D eigenvalue weighted by Crippen LogP contribution is -2.49. The number of aliphatic hydroxyl groups is 2. The van der Waals surface area contributed by atoms with Gasteiger partial charge in [-0.2, -0.15) is 0 Å². The zero-order chi connectivity index (χ0) is 15.9. The number of H-pyrrole nitrogens is 1. The molecule has 1 aromatic carbocycles. The second-order valence-corrected chi connectivity index (χ2v) is 5.83. The van der Waals surface area contributed by atoms with E-state index >= 15 is 0 Å². The van der Waals surface area contributed by atoms with Gasteiger partial charge >= 0.3 is 0 Å². The van der Waals surface area contributed by atoms with Crippen LogP contribution in [0.3, 0.4) is 0 Å². The van der Waals surface area contributed by atoms with Crippen LogP contribution in [-0.2, 0) is 0 Å². The van der Waals surface area contributed by atoms with Crippen molar-refractivity contribution in [3.63, 3.8) is 0 Å². The number of nitrogens with one attached hydrogen (secondary N) is 1. The number of likely N-dealkylation sites (tertiary alicyclic amines) is 1. The van der Waals surface area contributed by atoms with Crippen LogP contribution in [0.15, 0.2) is 29.2 Å². The Balaban J connectivity index is 1.96. The minimum Gasteiger partial charge on any atom is -0.390 e. The van der Waals surface area contributed by atoms with Gasteiger partial charge in [0.15, 0.2) is 0 Å². The number of β-amino-alcohol motifs (C(OH)–C–C–N with tert-alkyl or cyclic N) is 1. The van der Waals surface area contributed by atoms with Gasteiger partial charge in [-0.15, -0.1) is 0 Å². The summed E-state index contributed by atoms with van der Waals surface area (Å²) >= 11 is 5.88. The molecule has 1 saturated heterocycles. The number of carbonyl (C=O) groups is 1. The Morgan fingerprint density at radius 2 is 2.09 bits per heavy atom. The zero-order valence-corrected chi connectivity index (χ0v) is 12.4. The number of hydrogen-bond donors (Lipinski definition) is 3. The number of carbonyl (C=O) groups excluding carboxylic acids is 1. The molecule has 2 heterocycles. The van der Waals surface area contributed by atoms with E-state index in [1.807, 2.05) is 0 Å². The molecule has 116 valence electrons. The van der Waals surface area contributed by atoms with Gasteiger partial charge in [0.1, 0.15) is 5.56 Å². The standard InChI is InChI=1S/C15H15ClN2O4/c16-8-1-2-9-11(5-8)17-6-10(14(9)21)15(22)18-4-3-12(19)13(20)7-18/h1-2,5-6,12-13,19-20H,3-4,7H2,(H,17,21)/t12-,13-/m0/s1. The molecule has 0 saturated carbocycles. The van der Waals surface area contributed by atoms with Crippen LogP contribution >= 0.6 is 11.6 Å². The summed E-state index contributed by atoms with van der Waals surface area (Å²) in [6, 6.07) is 4.78. The minimum atomic E-state index is -0.990. The maximum absolute atomic E-state index is 12.5. The number of aromatic nitrogens is 1. The molecule has 6 nitrogen and oxygen atoms in total. The SMILES string of the molecule is O=C(c1c[nH]c2cc(Cl)ccc2c1=O)N1CC[C@H](O)[C@@H](O)C1. The van der Waals surface area contributed by atoms with Crippen LogP contribution in [0.1, 0.15) is 16.8 Å². The quantitative estimate of drug-likeness (QED) is 0.722. The molecule has 2 atom stereocenters. The Morgan fingerprint density at radius 3 is 2.82 bits per heavy atom. The van der Waals surface area contributed by atoms with E-state index < -0.39 is 18.1 Å².